The van der Waals surface area contributed by atoms with Gasteiger partial charge < -0.3 is 14.5 Å². The van der Waals surface area contributed by atoms with Crippen molar-refractivity contribution < 1.29 is 9.53 Å². The Hall–Kier alpha value is -3.12. The van der Waals surface area contributed by atoms with Gasteiger partial charge in [-0.3, -0.25) is 19.7 Å². The molecule has 216 valence electrons. The number of morpholine rings is 1. The van der Waals surface area contributed by atoms with E-state index in [9.17, 15) is 4.79 Å². The van der Waals surface area contributed by atoms with E-state index in [1.165, 1.54) is 4.88 Å². The first kappa shape index (κ1) is 26.8. The first-order valence-electron chi connectivity index (χ1n) is 14.8. The molecule has 3 fully saturated rings. The van der Waals surface area contributed by atoms with Gasteiger partial charge in [0.1, 0.15) is 0 Å². The summed E-state index contributed by atoms with van der Waals surface area (Å²) < 4.78 is 6.79. The van der Waals surface area contributed by atoms with E-state index in [0.717, 1.165) is 110 Å². The number of piperazine rings is 1. The first-order chi connectivity index (χ1) is 20.0. The third kappa shape index (κ3) is 5.09. The Morgan fingerprint density at radius 3 is 2.59 bits per heavy atom. The minimum Gasteiger partial charge on any atom is -0.378 e. The second kappa shape index (κ2) is 10.9. The molecular weight excluding hydrogens is 536 g/mol. The highest BCUT2D eigenvalue weighted by atomic mass is 32.1. The zero-order chi connectivity index (χ0) is 28.0. The number of thiophene rings is 1. The van der Waals surface area contributed by atoms with Crippen LogP contribution in [0.4, 0.5) is 5.82 Å². The average Bonchev–Trinajstić information content (AvgIpc) is 3.78. The molecule has 1 N–H and O–H groups in total. The Balaban J connectivity index is 1.13. The highest BCUT2D eigenvalue weighted by Gasteiger charge is 2.39. The fraction of sp³-hybridized carbons (Fsp3) is 0.533. The van der Waals surface area contributed by atoms with Crippen LogP contribution in [0.15, 0.2) is 30.5 Å². The number of carbonyl (C=O) groups is 1. The normalized spacial score (nSPS) is 19.6. The number of ether oxygens (including phenoxy) is 1. The maximum absolute atomic E-state index is 13.2. The Kier molecular flexibility index (Phi) is 7.14. The summed E-state index contributed by atoms with van der Waals surface area (Å²) in [5.41, 5.74) is 2.51. The smallest absolute Gasteiger partial charge is 0.242 e. The molecule has 0 aliphatic carbocycles. The summed E-state index contributed by atoms with van der Waals surface area (Å²) in [6.45, 7) is 13.6. The molecule has 41 heavy (non-hydrogen) atoms. The van der Waals surface area contributed by atoms with Crippen LogP contribution < -0.4 is 4.90 Å². The number of anilines is 1. The number of carbonyl (C=O) groups excluding carboxylic acids is 1. The number of nitrogens with zero attached hydrogens (tertiary/aromatic N) is 7. The highest BCUT2D eigenvalue weighted by molar-refractivity contribution is 7.19. The third-order valence-corrected chi connectivity index (χ3v) is 10.0. The van der Waals surface area contributed by atoms with E-state index in [0.29, 0.717) is 13.2 Å². The van der Waals surface area contributed by atoms with Crippen molar-refractivity contribution in [2.75, 3.05) is 70.5 Å². The van der Waals surface area contributed by atoms with Crippen molar-refractivity contribution in [2.24, 2.45) is 0 Å². The zero-order valence-corrected chi connectivity index (χ0v) is 24.8. The zero-order valence-electron chi connectivity index (χ0n) is 23.9. The van der Waals surface area contributed by atoms with Gasteiger partial charge in [0.15, 0.2) is 11.6 Å². The molecule has 0 bridgehead atoms. The summed E-state index contributed by atoms with van der Waals surface area (Å²) in [6, 6.07) is 8.37. The topological polar surface area (TPSA) is 93.7 Å². The summed E-state index contributed by atoms with van der Waals surface area (Å²) in [5, 5.41) is 8.34. The van der Waals surface area contributed by atoms with Crippen molar-refractivity contribution in [3.8, 4) is 11.4 Å². The van der Waals surface area contributed by atoms with Gasteiger partial charge in [0, 0.05) is 74.7 Å². The number of benzene rings is 1. The first-order valence-corrected chi connectivity index (χ1v) is 15.6. The highest BCUT2D eigenvalue weighted by Crippen LogP contribution is 2.36. The van der Waals surface area contributed by atoms with E-state index in [2.05, 4.69) is 55.8 Å². The number of nitrogens with one attached hydrogen (secondary N) is 1. The molecule has 1 aromatic carbocycles. The van der Waals surface area contributed by atoms with Crippen molar-refractivity contribution in [3.05, 3.63) is 35.3 Å². The van der Waals surface area contributed by atoms with Gasteiger partial charge in [-0.05, 0) is 38.8 Å². The summed E-state index contributed by atoms with van der Waals surface area (Å²) in [5.74, 6) is 2.01. The van der Waals surface area contributed by atoms with E-state index in [4.69, 9.17) is 14.7 Å². The van der Waals surface area contributed by atoms with Crippen molar-refractivity contribution in [1.29, 1.82) is 0 Å². The van der Waals surface area contributed by atoms with Crippen LogP contribution in [0.25, 0.3) is 32.5 Å². The molecule has 11 heteroatoms. The van der Waals surface area contributed by atoms with Crippen LogP contribution in [-0.4, -0.2) is 112 Å². The number of likely N-dealkylation sites (tertiary alicyclic amines) is 1. The molecule has 1 amide bonds. The largest absolute Gasteiger partial charge is 0.378 e. The van der Waals surface area contributed by atoms with E-state index in [-0.39, 0.29) is 5.91 Å². The van der Waals surface area contributed by atoms with Crippen LogP contribution in [0.3, 0.4) is 0 Å². The number of hydrogen-bond acceptors (Lipinski definition) is 9. The number of hydrogen-bond donors (Lipinski definition) is 1. The molecule has 10 nitrogen and oxygen atoms in total. The summed E-state index contributed by atoms with van der Waals surface area (Å²) in [4.78, 5) is 34.0. The van der Waals surface area contributed by atoms with Crippen molar-refractivity contribution in [3.63, 3.8) is 0 Å². The van der Waals surface area contributed by atoms with Crippen molar-refractivity contribution in [1.82, 2.24) is 34.9 Å². The van der Waals surface area contributed by atoms with Crippen LogP contribution in [0.1, 0.15) is 31.6 Å². The number of amides is 1. The predicted molar refractivity (Wildman–Crippen MR) is 162 cm³/mol. The fourth-order valence-corrected chi connectivity index (χ4v) is 7.60. The Morgan fingerprint density at radius 2 is 1.80 bits per heavy atom. The summed E-state index contributed by atoms with van der Waals surface area (Å²) in [7, 11) is 0. The van der Waals surface area contributed by atoms with Gasteiger partial charge in [-0.2, -0.15) is 5.10 Å². The summed E-state index contributed by atoms with van der Waals surface area (Å²) in [6.07, 6.45) is 4.11. The number of aromatic amines is 1. The SMILES string of the molecule is CC(C)(C(=O)N1CCCC1)N1CCN(Cc2cc3nc(-c4cccc5[nH]ncc45)nc(N4CCOCC4)c3s2)CC1. The third-order valence-electron chi connectivity index (χ3n) is 8.90. The van der Waals surface area contributed by atoms with Gasteiger partial charge in [-0.25, -0.2) is 9.97 Å². The quantitative estimate of drug-likeness (QED) is 0.374. The van der Waals surface area contributed by atoms with E-state index in [1.54, 1.807) is 11.3 Å². The van der Waals surface area contributed by atoms with E-state index < -0.39 is 5.54 Å². The van der Waals surface area contributed by atoms with Gasteiger partial charge in [0.05, 0.1) is 40.7 Å². The maximum Gasteiger partial charge on any atom is 0.242 e. The number of fused-ring (bicyclic) bond motifs is 2. The molecule has 3 aliphatic rings. The molecule has 0 radical (unpaired) electrons. The van der Waals surface area contributed by atoms with Crippen LogP contribution in [0.5, 0.6) is 0 Å². The van der Waals surface area contributed by atoms with Gasteiger partial charge in [0.2, 0.25) is 5.91 Å². The van der Waals surface area contributed by atoms with Crippen LogP contribution in [0, 0.1) is 0 Å². The molecule has 4 aromatic rings. The lowest BCUT2D eigenvalue weighted by atomic mass is 9.99. The van der Waals surface area contributed by atoms with Gasteiger partial charge >= 0.3 is 0 Å². The molecule has 3 aromatic heterocycles. The minimum absolute atomic E-state index is 0.282. The van der Waals surface area contributed by atoms with Crippen LogP contribution in [-0.2, 0) is 16.1 Å². The molecule has 6 heterocycles. The molecule has 0 spiro atoms. The predicted octanol–water partition coefficient (Wildman–Crippen LogP) is 3.59. The lowest BCUT2D eigenvalue weighted by Crippen LogP contribution is -2.60. The standard InChI is InChI=1S/C30H38N8O2S/c1-30(2,29(39)37-8-3-4-9-37)38-12-10-35(11-13-38)20-21-18-25-26(41-21)28(36-14-16-40-17-15-36)33-27(32-25)22-6-5-7-24-23(22)19-31-34-24/h5-7,18-19H,3-4,8-17,20H2,1-2H3,(H,31,34). The molecule has 0 atom stereocenters. The number of aromatic nitrogens is 4. The van der Waals surface area contributed by atoms with E-state index >= 15 is 0 Å². The lowest BCUT2D eigenvalue weighted by molar-refractivity contribution is -0.142. The average molecular weight is 575 g/mol. The molecule has 3 saturated heterocycles. The fourth-order valence-electron chi connectivity index (χ4n) is 6.44. The van der Waals surface area contributed by atoms with Gasteiger partial charge in [0.25, 0.3) is 0 Å². The second-order valence-corrected chi connectivity index (χ2v) is 13.0. The monoisotopic (exact) mass is 574 g/mol. The minimum atomic E-state index is -0.453. The molecule has 0 unspecified atom stereocenters. The lowest BCUT2D eigenvalue weighted by Gasteiger charge is -2.44. The summed E-state index contributed by atoms with van der Waals surface area (Å²) >= 11 is 1.81. The van der Waals surface area contributed by atoms with Gasteiger partial charge in [-0.15, -0.1) is 11.3 Å². The van der Waals surface area contributed by atoms with Crippen molar-refractivity contribution in [2.45, 2.75) is 38.8 Å². The second-order valence-electron chi connectivity index (χ2n) is 11.9. The maximum atomic E-state index is 13.2. The number of H-pyrrole nitrogens is 1. The van der Waals surface area contributed by atoms with Gasteiger partial charge in [-0.1, -0.05) is 12.1 Å². The van der Waals surface area contributed by atoms with E-state index in [1.807, 2.05) is 18.3 Å². The molecule has 0 saturated carbocycles. The van der Waals surface area contributed by atoms with Crippen LogP contribution in [0.2, 0.25) is 0 Å². The Bertz CT molecular complexity index is 1540. The van der Waals surface area contributed by atoms with Crippen LogP contribution >= 0.6 is 11.3 Å². The number of rotatable bonds is 6. The molecule has 3 aliphatic heterocycles. The molecular formula is C30H38N8O2S. The molecule has 7 rings (SSSR count). The van der Waals surface area contributed by atoms with Crippen molar-refractivity contribution >= 4 is 44.2 Å². The Labute approximate surface area is 244 Å². The Morgan fingerprint density at radius 1 is 1.02 bits per heavy atom.